The van der Waals surface area contributed by atoms with E-state index in [4.69, 9.17) is 17.3 Å². The number of carbonyl (C=O) groups is 1. The normalized spacial score (nSPS) is 12.0. The molecule has 1 atom stereocenters. The number of hydrogen-bond donors (Lipinski definition) is 2. The molecule has 3 nitrogen and oxygen atoms in total. The molecule has 0 aromatic heterocycles. The van der Waals surface area contributed by atoms with E-state index in [0.717, 1.165) is 12.0 Å². The van der Waals surface area contributed by atoms with Gasteiger partial charge in [-0.05, 0) is 42.7 Å². The van der Waals surface area contributed by atoms with Crippen LogP contribution < -0.4 is 11.1 Å². The van der Waals surface area contributed by atoms with Gasteiger partial charge in [-0.25, -0.2) is 0 Å². The Kier molecular flexibility index (Phi) is 4.86. The second kappa shape index (κ2) is 6.64. The summed E-state index contributed by atoms with van der Waals surface area (Å²) in [6.45, 7) is 4.07. The first-order chi connectivity index (χ1) is 9.99. The molecule has 0 aliphatic heterocycles. The first-order valence-corrected chi connectivity index (χ1v) is 7.33. The number of hydrogen-bond acceptors (Lipinski definition) is 2. The summed E-state index contributed by atoms with van der Waals surface area (Å²) in [6.07, 6.45) is 1.00. The van der Waals surface area contributed by atoms with Crippen molar-refractivity contribution in [3.63, 3.8) is 0 Å². The fraction of sp³-hybridized carbons (Fsp3) is 0.235. The minimum Gasteiger partial charge on any atom is -0.399 e. The predicted octanol–water partition coefficient (Wildman–Crippen LogP) is 3.98. The van der Waals surface area contributed by atoms with E-state index in [1.165, 1.54) is 5.56 Å². The van der Waals surface area contributed by atoms with Crippen LogP contribution in [-0.4, -0.2) is 5.91 Å². The molecule has 1 unspecified atom stereocenters. The zero-order valence-electron chi connectivity index (χ0n) is 12.2. The second-order valence-corrected chi connectivity index (χ2v) is 5.50. The number of nitrogen functional groups attached to an aromatic ring is 1. The maximum atomic E-state index is 12.2. The van der Waals surface area contributed by atoms with Crippen molar-refractivity contribution < 1.29 is 4.79 Å². The summed E-state index contributed by atoms with van der Waals surface area (Å²) in [4.78, 5) is 12.2. The van der Waals surface area contributed by atoms with Crippen molar-refractivity contribution >= 4 is 23.2 Å². The van der Waals surface area contributed by atoms with Crippen LogP contribution in [0, 0.1) is 0 Å². The van der Waals surface area contributed by atoms with Gasteiger partial charge in [0.2, 0.25) is 0 Å². The lowest BCUT2D eigenvalue weighted by Gasteiger charge is -2.15. The van der Waals surface area contributed by atoms with Crippen molar-refractivity contribution in [3.8, 4) is 0 Å². The summed E-state index contributed by atoms with van der Waals surface area (Å²) >= 11 is 5.92. The van der Waals surface area contributed by atoms with Gasteiger partial charge in [0.1, 0.15) is 0 Å². The average Bonchev–Trinajstić information content (AvgIpc) is 2.46. The molecule has 0 fully saturated rings. The van der Waals surface area contributed by atoms with Crippen LogP contribution in [0.3, 0.4) is 0 Å². The van der Waals surface area contributed by atoms with Crippen LogP contribution in [0.5, 0.6) is 0 Å². The molecule has 110 valence electrons. The summed E-state index contributed by atoms with van der Waals surface area (Å²) in [6, 6.07) is 13.0. The average molecular weight is 303 g/mol. The number of aryl methyl sites for hydroxylation is 1. The van der Waals surface area contributed by atoms with Crippen molar-refractivity contribution in [2.75, 3.05) is 5.73 Å². The number of nitrogens with two attached hydrogens (primary N) is 1. The largest absolute Gasteiger partial charge is 0.399 e. The molecule has 0 spiro atoms. The molecule has 0 bridgehead atoms. The highest BCUT2D eigenvalue weighted by Gasteiger charge is 2.12. The molecule has 2 aromatic carbocycles. The Bertz CT molecular complexity index is 617. The Morgan fingerprint density at radius 2 is 1.90 bits per heavy atom. The van der Waals surface area contributed by atoms with Gasteiger partial charge in [0.05, 0.1) is 6.04 Å². The quantitative estimate of drug-likeness (QED) is 0.839. The number of halogens is 1. The fourth-order valence-electron chi connectivity index (χ4n) is 2.15. The summed E-state index contributed by atoms with van der Waals surface area (Å²) in [5.41, 5.74) is 9.00. The lowest BCUT2D eigenvalue weighted by Crippen LogP contribution is -2.26. The SMILES string of the molecule is CCc1ccc(C(C)NC(=O)c2cc(N)cc(Cl)c2)cc1. The minimum absolute atomic E-state index is 0.0800. The Balaban J connectivity index is 2.10. The Labute approximate surface area is 130 Å². The molecule has 1 amide bonds. The highest BCUT2D eigenvalue weighted by atomic mass is 35.5. The Morgan fingerprint density at radius 3 is 2.48 bits per heavy atom. The smallest absolute Gasteiger partial charge is 0.251 e. The maximum absolute atomic E-state index is 12.2. The molecule has 3 N–H and O–H groups in total. The Morgan fingerprint density at radius 1 is 1.24 bits per heavy atom. The van der Waals surface area contributed by atoms with Gasteiger partial charge in [-0.1, -0.05) is 42.8 Å². The molecule has 2 aromatic rings. The maximum Gasteiger partial charge on any atom is 0.251 e. The van der Waals surface area contributed by atoms with E-state index in [0.29, 0.717) is 16.3 Å². The lowest BCUT2D eigenvalue weighted by atomic mass is 10.0. The highest BCUT2D eigenvalue weighted by molar-refractivity contribution is 6.31. The van der Waals surface area contributed by atoms with Gasteiger partial charge in [0.15, 0.2) is 0 Å². The van der Waals surface area contributed by atoms with Crippen molar-refractivity contribution in [1.29, 1.82) is 0 Å². The monoisotopic (exact) mass is 302 g/mol. The van der Waals surface area contributed by atoms with E-state index in [-0.39, 0.29) is 11.9 Å². The summed E-state index contributed by atoms with van der Waals surface area (Å²) in [5, 5.41) is 3.41. The third-order valence-electron chi connectivity index (χ3n) is 3.42. The fourth-order valence-corrected chi connectivity index (χ4v) is 2.39. The zero-order valence-corrected chi connectivity index (χ0v) is 12.9. The van der Waals surface area contributed by atoms with Crippen molar-refractivity contribution in [2.45, 2.75) is 26.3 Å². The molecular weight excluding hydrogens is 284 g/mol. The van der Waals surface area contributed by atoms with Gasteiger partial charge < -0.3 is 11.1 Å². The number of rotatable bonds is 4. The number of amides is 1. The molecule has 0 heterocycles. The summed E-state index contributed by atoms with van der Waals surface area (Å²) in [7, 11) is 0. The third-order valence-corrected chi connectivity index (χ3v) is 3.64. The number of benzene rings is 2. The van der Waals surface area contributed by atoms with Gasteiger partial charge in [-0.2, -0.15) is 0 Å². The van der Waals surface area contributed by atoms with Gasteiger partial charge >= 0.3 is 0 Å². The molecule has 21 heavy (non-hydrogen) atoms. The number of carbonyl (C=O) groups excluding carboxylic acids is 1. The highest BCUT2D eigenvalue weighted by Crippen LogP contribution is 2.18. The van der Waals surface area contributed by atoms with Gasteiger partial charge in [-0.15, -0.1) is 0 Å². The number of nitrogens with one attached hydrogen (secondary N) is 1. The summed E-state index contributed by atoms with van der Waals surface area (Å²) < 4.78 is 0. The van der Waals surface area contributed by atoms with E-state index in [9.17, 15) is 4.79 Å². The van der Waals surface area contributed by atoms with Crippen LogP contribution in [0.2, 0.25) is 5.02 Å². The predicted molar refractivity (Wildman–Crippen MR) is 87.6 cm³/mol. The van der Waals surface area contributed by atoms with E-state index < -0.39 is 0 Å². The van der Waals surface area contributed by atoms with Gasteiger partial charge in [0.25, 0.3) is 5.91 Å². The van der Waals surface area contributed by atoms with Crippen LogP contribution in [0.1, 0.15) is 41.4 Å². The van der Waals surface area contributed by atoms with Crippen molar-refractivity contribution in [1.82, 2.24) is 5.32 Å². The van der Waals surface area contributed by atoms with E-state index >= 15 is 0 Å². The first-order valence-electron chi connectivity index (χ1n) is 6.95. The minimum atomic E-state index is -0.184. The summed E-state index contributed by atoms with van der Waals surface area (Å²) in [5.74, 6) is -0.184. The molecule has 0 aliphatic carbocycles. The second-order valence-electron chi connectivity index (χ2n) is 5.06. The standard InChI is InChI=1S/C17H19ClN2O/c1-3-12-4-6-13(7-5-12)11(2)20-17(21)14-8-15(18)10-16(19)9-14/h4-11H,3,19H2,1-2H3,(H,20,21). The molecule has 0 radical (unpaired) electrons. The van der Waals surface area contributed by atoms with Crippen LogP contribution in [0.15, 0.2) is 42.5 Å². The van der Waals surface area contributed by atoms with Gasteiger partial charge in [0, 0.05) is 16.3 Å². The lowest BCUT2D eigenvalue weighted by molar-refractivity contribution is 0.0940. The van der Waals surface area contributed by atoms with E-state index in [1.807, 2.05) is 19.1 Å². The van der Waals surface area contributed by atoms with Crippen LogP contribution in [0.25, 0.3) is 0 Å². The molecule has 0 aliphatic rings. The van der Waals surface area contributed by atoms with Crippen molar-refractivity contribution in [3.05, 3.63) is 64.2 Å². The van der Waals surface area contributed by atoms with Crippen LogP contribution in [0.4, 0.5) is 5.69 Å². The van der Waals surface area contributed by atoms with Crippen molar-refractivity contribution in [2.24, 2.45) is 0 Å². The molecule has 2 rings (SSSR count). The number of anilines is 1. The van der Waals surface area contributed by atoms with E-state index in [1.54, 1.807) is 18.2 Å². The van der Waals surface area contributed by atoms with Gasteiger partial charge in [-0.3, -0.25) is 4.79 Å². The molecular formula is C17H19ClN2O. The first kappa shape index (κ1) is 15.4. The Hall–Kier alpha value is -2.00. The third kappa shape index (κ3) is 3.99. The van der Waals surface area contributed by atoms with E-state index in [2.05, 4.69) is 24.4 Å². The molecule has 0 saturated heterocycles. The van der Waals surface area contributed by atoms with Crippen LogP contribution in [-0.2, 0) is 6.42 Å². The molecule has 4 heteroatoms. The van der Waals surface area contributed by atoms with Crippen LogP contribution >= 0.6 is 11.6 Å². The molecule has 0 saturated carbocycles. The topological polar surface area (TPSA) is 55.1 Å². The zero-order chi connectivity index (χ0) is 15.4.